The summed E-state index contributed by atoms with van der Waals surface area (Å²) in [5.41, 5.74) is -0.695. The van der Waals surface area contributed by atoms with E-state index in [9.17, 15) is 9.59 Å². The molecule has 1 atom stereocenters. The zero-order valence-corrected chi connectivity index (χ0v) is 14.4. The third kappa shape index (κ3) is 4.45. The first-order chi connectivity index (χ1) is 9.86. The molecule has 0 aromatic rings. The molecule has 1 aliphatic heterocycles. The molecule has 1 unspecified atom stereocenters. The van der Waals surface area contributed by atoms with Gasteiger partial charge in [-0.25, -0.2) is 0 Å². The highest BCUT2D eigenvalue weighted by atomic mass is 16.2. The second kappa shape index (κ2) is 7.81. The van der Waals surface area contributed by atoms with Gasteiger partial charge in [0.25, 0.3) is 0 Å². The molecule has 1 rings (SSSR count). The second-order valence-corrected chi connectivity index (χ2v) is 6.76. The van der Waals surface area contributed by atoms with Crippen LogP contribution in [0.2, 0.25) is 0 Å². The first kappa shape index (κ1) is 18.0. The van der Waals surface area contributed by atoms with Gasteiger partial charge in [0, 0.05) is 19.0 Å². The van der Waals surface area contributed by atoms with E-state index in [4.69, 9.17) is 0 Å². The summed E-state index contributed by atoms with van der Waals surface area (Å²) in [7, 11) is 0. The molecule has 1 aliphatic rings. The van der Waals surface area contributed by atoms with Crippen LogP contribution < -0.4 is 5.32 Å². The summed E-state index contributed by atoms with van der Waals surface area (Å²) in [4.78, 5) is 26.8. The topological polar surface area (TPSA) is 49.4 Å². The van der Waals surface area contributed by atoms with Gasteiger partial charge in [0.15, 0.2) is 0 Å². The fourth-order valence-corrected chi connectivity index (χ4v) is 3.11. The van der Waals surface area contributed by atoms with Gasteiger partial charge < -0.3 is 10.2 Å². The van der Waals surface area contributed by atoms with Crippen molar-refractivity contribution in [3.05, 3.63) is 0 Å². The lowest BCUT2D eigenvalue weighted by atomic mass is 9.90. The van der Waals surface area contributed by atoms with Gasteiger partial charge in [-0.2, -0.15) is 0 Å². The minimum Gasteiger partial charge on any atom is -0.342 e. The lowest BCUT2D eigenvalue weighted by Crippen LogP contribution is -2.57. The molecule has 0 saturated carbocycles. The Morgan fingerprint density at radius 2 is 1.76 bits per heavy atom. The number of amides is 2. The van der Waals surface area contributed by atoms with E-state index >= 15 is 0 Å². The van der Waals surface area contributed by atoms with Crippen LogP contribution in [0.5, 0.6) is 0 Å². The van der Waals surface area contributed by atoms with Crippen molar-refractivity contribution in [2.45, 2.75) is 84.7 Å². The maximum absolute atomic E-state index is 12.9. The number of carbonyl (C=O) groups excluding carboxylic acids is 2. The van der Waals surface area contributed by atoms with Gasteiger partial charge in [0.2, 0.25) is 11.8 Å². The molecule has 0 aromatic heterocycles. The Hall–Kier alpha value is -1.06. The molecule has 0 radical (unpaired) electrons. The smallest absolute Gasteiger partial charge is 0.248 e. The van der Waals surface area contributed by atoms with Gasteiger partial charge in [-0.1, -0.05) is 40.5 Å². The fourth-order valence-electron chi connectivity index (χ4n) is 3.11. The Morgan fingerprint density at radius 3 is 2.29 bits per heavy atom. The minimum absolute atomic E-state index is 0.00364. The third-order valence-electron chi connectivity index (χ3n) is 4.77. The van der Waals surface area contributed by atoms with Crippen molar-refractivity contribution in [1.82, 2.24) is 10.2 Å². The molecule has 1 N–H and O–H groups in total. The monoisotopic (exact) mass is 296 g/mol. The second-order valence-electron chi connectivity index (χ2n) is 6.76. The number of nitrogens with one attached hydrogen (secondary N) is 1. The molecule has 0 spiro atoms. The van der Waals surface area contributed by atoms with Crippen LogP contribution in [0.25, 0.3) is 0 Å². The van der Waals surface area contributed by atoms with E-state index in [-0.39, 0.29) is 17.9 Å². The Bertz CT molecular complexity index is 362. The average Bonchev–Trinajstić information content (AvgIpc) is 2.56. The van der Waals surface area contributed by atoms with E-state index in [1.54, 1.807) is 0 Å². The third-order valence-corrected chi connectivity index (χ3v) is 4.77. The zero-order valence-electron chi connectivity index (χ0n) is 14.4. The molecule has 122 valence electrons. The molecule has 0 aliphatic carbocycles. The predicted molar refractivity (Wildman–Crippen MR) is 85.9 cm³/mol. The van der Waals surface area contributed by atoms with Crippen LogP contribution in [0.4, 0.5) is 0 Å². The molecule has 21 heavy (non-hydrogen) atoms. The zero-order chi connectivity index (χ0) is 16.0. The van der Waals surface area contributed by atoms with Crippen molar-refractivity contribution in [3.8, 4) is 0 Å². The van der Waals surface area contributed by atoms with Gasteiger partial charge >= 0.3 is 0 Å². The first-order valence-corrected chi connectivity index (χ1v) is 8.48. The number of rotatable bonds is 7. The Labute approximate surface area is 129 Å². The number of hydrogen-bond acceptors (Lipinski definition) is 2. The van der Waals surface area contributed by atoms with Crippen molar-refractivity contribution in [2.75, 3.05) is 6.54 Å². The van der Waals surface area contributed by atoms with Crippen LogP contribution in [-0.4, -0.2) is 34.8 Å². The standard InChI is InChI=1S/C17H32N2O2/c1-6-17(7-2)16(21)19(12-11-15(20)18-17)14(5)10-8-9-13(3)4/h13-14H,6-12H2,1-5H3,(H,18,20). The summed E-state index contributed by atoms with van der Waals surface area (Å²) in [5.74, 6) is 0.810. The number of hydrogen-bond donors (Lipinski definition) is 1. The number of nitrogens with zero attached hydrogens (tertiary/aromatic N) is 1. The van der Waals surface area contributed by atoms with Crippen LogP contribution in [0, 0.1) is 5.92 Å². The largest absolute Gasteiger partial charge is 0.342 e. The normalized spacial score (nSPS) is 20.4. The molecule has 4 heteroatoms. The lowest BCUT2D eigenvalue weighted by Gasteiger charge is -2.36. The van der Waals surface area contributed by atoms with Gasteiger partial charge in [-0.3, -0.25) is 9.59 Å². The summed E-state index contributed by atoms with van der Waals surface area (Å²) in [6.07, 6.45) is 5.07. The fraction of sp³-hybridized carbons (Fsp3) is 0.882. The van der Waals surface area contributed by atoms with Crippen molar-refractivity contribution < 1.29 is 9.59 Å². The molecule has 0 bridgehead atoms. The van der Waals surface area contributed by atoms with Crippen molar-refractivity contribution in [1.29, 1.82) is 0 Å². The molecule has 1 saturated heterocycles. The summed E-state index contributed by atoms with van der Waals surface area (Å²) in [6.45, 7) is 11.1. The molecule has 1 heterocycles. The van der Waals surface area contributed by atoms with E-state index in [0.29, 0.717) is 31.7 Å². The van der Waals surface area contributed by atoms with Crippen LogP contribution in [0.15, 0.2) is 0 Å². The molecular weight excluding hydrogens is 264 g/mol. The molecule has 2 amide bonds. The van der Waals surface area contributed by atoms with E-state index in [1.165, 1.54) is 6.42 Å². The van der Waals surface area contributed by atoms with E-state index in [1.807, 2.05) is 18.7 Å². The van der Waals surface area contributed by atoms with Crippen LogP contribution >= 0.6 is 0 Å². The predicted octanol–water partition coefficient (Wildman–Crippen LogP) is 3.11. The molecule has 0 aromatic carbocycles. The lowest BCUT2D eigenvalue weighted by molar-refractivity contribution is -0.141. The summed E-state index contributed by atoms with van der Waals surface area (Å²) >= 11 is 0. The summed E-state index contributed by atoms with van der Waals surface area (Å²) in [6, 6.07) is 0.210. The van der Waals surface area contributed by atoms with Gasteiger partial charge in [0.05, 0.1) is 0 Å². The van der Waals surface area contributed by atoms with Gasteiger partial charge in [-0.15, -0.1) is 0 Å². The van der Waals surface area contributed by atoms with Crippen molar-refractivity contribution >= 4 is 11.8 Å². The van der Waals surface area contributed by atoms with Crippen molar-refractivity contribution in [3.63, 3.8) is 0 Å². The molecule has 4 nitrogen and oxygen atoms in total. The SMILES string of the molecule is CCC1(CC)NC(=O)CCN(C(C)CCCC(C)C)C1=O. The highest BCUT2D eigenvalue weighted by Crippen LogP contribution is 2.24. The average molecular weight is 296 g/mol. The maximum atomic E-state index is 12.9. The van der Waals surface area contributed by atoms with Crippen LogP contribution in [-0.2, 0) is 9.59 Å². The highest BCUT2D eigenvalue weighted by molar-refractivity contribution is 5.93. The van der Waals surface area contributed by atoms with E-state index in [2.05, 4.69) is 26.1 Å². The minimum atomic E-state index is -0.695. The first-order valence-electron chi connectivity index (χ1n) is 8.48. The summed E-state index contributed by atoms with van der Waals surface area (Å²) < 4.78 is 0. The van der Waals surface area contributed by atoms with Crippen LogP contribution in [0.1, 0.15) is 73.1 Å². The van der Waals surface area contributed by atoms with Crippen molar-refractivity contribution in [2.24, 2.45) is 5.92 Å². The Morgan fingerprint density at radius 1 is 1.14 bits per heavy atom. The van der Waals surface area contributed by atoms with Gasteiger partial charge in [0.1, 0.15) is 5.54 Å². The van der Waals surface area contributed by atoms with Gasteiger partial charge in [-0.05, 0) is 32.1 Å². The highest BCUT2D eigenvalue weighted by Gasteiger charge is 2.42. The maximum Gasteiger partial charge on any atom is 0.248 e. The van der Waals surface area contributed by atoms with Crippen LogP contribution in [0.3, 0.4) is 0 Å². The molecular formula is C17H32N2O2. The van der Waals surface area contributed by atoms with E-state index in [0.717, 1.165) is 12.8 Å². The Balaban J connectivity index is 2.80. The quantitative estimate of drug-likeness (QED) is 0.785. The van der Waals surface area contributed by atoms with E-state index < -0.39 is 5.54 Å². The number of carbonyl (C=O) groups is 2. The molecule has 1 fully saturated rings. The summed E-state index contributed by atoms with van der Waals surface area (Å²) in [5, 5.41) is 2.97. The Kier molecular flexibility index (Phi) is 6.69.